The summed E-state index contributed by atoms with van der Waals surface area (Å²) in [4.78, 5) is -0.859. The Kier molecular flexibility index (Phi) is 3.82. The lowest BCUT2D eigenvalue weighted by atomic mass is 10.2. The van der Waals surface area contributed by atoms with Crippen LogP contribution < -0.4 is 10.5 Å². The third-order valence-electron chi connectivity index (χ3n) is 2.75. The quantitative estimate of drug-likeness (QED) is 0.855. The number of hydrogen-bond donors (Lipinski definition) is 2. The highest BCUT2D eigenvalue weighted by atomic mass is 32.2. The van der Waals surface area contributed by atoms with Crippen LogP contribution >= 0.6 is 0 Å². The minimum absolute atomic E-state index is 0.336. The van der Waals surface area contributed by atoms with E-state index >= 15 is 0 Å². The molecule has 8 heteroatoms. The van der Waals surface area contributed by atoms with Crippen molar-refractivity contribution in [2.24, 2.45) is 0 Å². The highest BCUT2D eigenvalue weighted by Gasteiger charge is 2.23. The van der Waals surface area contributed by atoms with Gasteiger partial charge in [-0.15, -0.1) is 0 Å². The van der Waals surface area contributed by atoms with Gasteiger partial charge in [0.2, 0.25) is 0 Å². The number of sulfonamides is 1. The summed E-state index contributed by atoms with van der Waals surface area (Å²) < 4.78 is 66.4. The van der Waals surface area contributed by atoms with Crippen molar-refractivity contribution < 1.29 is 21.6 Å². The molecule has 112 valence electrons. The van der Waals surface area contributed by atoms with Crippen LogP contribution in [0.4, 0.5) is 24.5 Å². The van der Waals surface area contributed by atoms with Gasteiger partial charge >= 0.3 is 0 Å². The van der Waals surface area contributed by atoms with Gasteiger partial charge in [0.15, 0.2) is 5.82 Å². The molecular formula is C13H11F3N2O2S. The second-order valence-electron chi connectivity index (χ2n) is 4.36. The van der Waals surface area contributed by atoms with Crippen molar-refractivity contribution >= 4 is 21.4 Å². The summed E-state index contributed by atoms with van der Waals surface area (Å²) in [5, 5.41) is 0. The van der Waals surface area contributed by atoms with Crippen molar-refractivity contribution in [1.82, 2.24) is 0 Å². The van der Waals surface area contributed by atoms with Crippen LogP contribution in [0.5, 0.6) is 0 Å². The Hall–Kier alpha value is -2.22. The molecule has 0 saturated carbocycles. The largest absolute Gasteiger partial charge is 0.394 e. The van der Waals surface area contributed by atoms with Gasteiger partial charge in [-0.1, -0.05) is 6.07 Å². The van der Waals surface area contributed by atoms with Crippen LogP contribution in [0, 0.1) is 24.4 Å². The van der Waals surface area contributed by atoms with Crippen LogP contribution in [0.2, 0.25) is 0 Å². The number of nitrogens with one attached hydrogen (secondary N) is 1. The molecule has 0 atom stereocenters. The third kappa shape index (κ3) is 2.94. The van der Waals surface area contributed by atoms with E-state index in [2.05, 4.69) is 0 Å². The first-order chi connectivity index (χ1) is 9.72. The predicted octanol–water partition coefficient (Wildman–Crippen LogP) is 2.80. The van der Waals surface area contributed by atoms with Crippen LogP contribution in [-0.2, 0) is 10.0 Å². The number of benzene rings is 2. The zero-order chi connectivity index (χ0) is 15.8. The van der Waals surface area contributed by atoms with Gasteiger partial charge in [-0.25, -0.2) is 21.6 Å². The third-order valence-corrected chi connectivity index (χ3v) is 4.13. The summed E-state index contributed by atoms with van der Waals surface area (Å²) in [7, 11) is -4.43. The standard InChI is InChI=1S/C13H11F3N2O2S/c1-7-2-3-8(14)10(6-7)18-21(19,20)11-5-4-9(15)13(17)12(11)16/h2-6,18H,17H2,1H3. The van der Waals surface area contributed by atoms with Gasteiger partial charge in [-0.3, -0.25) is 4.72 Å². The lowest BCUT2D eigenvalue weighted by Crippen LogP contribution is -2.16. The second-order valence-corrected chi connectivity index (χ2v) is 6.01. The fourth-order valence-electron chi connectivity index (χ4n) is 1.67. The summed E-state index contributed by atoms with van der Waals surface area (Å²) in [6, 6.07) is 5.21. The number of halogens is 3. The molecule has 0 aliphatic carbocycles. The van der Waals surface area contributed by atoms with Crippen LogP contribution in [0.3, 0.4) is 0 Å². The molecule has 0 aliphatic heterocycles. The van der Waals surface area contributed by atoms with E-state index in [0.717, 1.165) is 18.2 Å². The van der Waals surface area contributed by atoms with Crippen molar-refractivity contribution in [1.29, 1.82) is 0 Å². The van der Waals surface area contributed by atoms with E-state index in [1.807, 2.05) is 4.72 Å². The first-order valence-corrected chi connectivity index (χ1v) is 7.23. The normalized spacial score (nSPS) is 11.4. The van der Waals surface area contributed by atoms with Crippen molar-refractivity contribution in [2.45, 2.75) is 11.8 Å². The molecular weight excluding hydrogens is 305 g/mol. The minimum Gasteiger partial charge on any atom is -0.394 e. The summed E-state index contributed by atoms with van der Waals surface area (Å²) in [5.41, 5.74) is 4.47. The van der Waals surface area contributed by atoms with Crippen LogP contribution in [0.1, 0.15) is 5.56 Å². The van der Waals surface area contributed by atoms with Gasteiger partial charge in [-0.2, -0.15) is 0 Å². The number of nitrogen functional groups attached to an aromatic ring is 1. The number of hydrogen-bond acceptors (Lipinski definition) is 3. The van der Waals surface area contributed by atoms with Gasteiger partial charge in [0.05, 0.1) is 5.69 Å². The van der Waals surface area contributed by atoms with Crippen LogP contribution in [0.25, 0.3) is 0 Å². The first-order valence-electron chi connectivity index (χ1n) is 5.75. The minimum atomic E-state index is -4.43. The molecule has 0 aliphatic rings. The fourth-order valence-corrected chi connectivity index (χ4v) is 2.82. The lowest BCUT2D eigenvalue weighted by molar-refractivity contribution is 0.556. The van der Waals surface area contributed by atoms with E-state index in [4.69, 9.17) is 5.73 Å². The van der Waals surface area contributed by atoms with Gasteiger partial charge in [0.1, 0.15) is 22.2 Å². The first kappa shape index (κ1) is 15.2. The molecule has 2 aromatic rings. The van der Waals surface area contributed by atoms with Gasteiger partial charge in [0, 0.05) is 0 Å². The number of nitrogens with two attached hydrogens (primary N) is 1. The maximum absolute atomic E-state index is 13.8. The van der Waals surface area contributed by atoms with Gasteiger partial charge in [-0.05, 0) is 36.8 Å². The monoisotopic (exact) mass is 316 g/mol. The molecule has 0 fully saturated rings. The van der Waals surface area contributed by atoms with E-state index in [9.17, 15) is 21.6 Å². The van der Waals surface area contributed by atoms with Crippen molar-refractivity contribution in [2.75, 3.05) is 10.5 Å². The molecule has 0 unspecified atom stereocenters. The Bertz CT molecular complexity index is 807. The second kappa shape index (κ2) is 5.28. The Morgan fingerprint density at radius 3 is 2.33 bits per heavy atom. The number of anilines is 2. The number of aryl methyl sites for hydroxylation is 1. The topological polar surface area (TPSA) is 72.2 Å². The van der Waals surface area contributed by atoms with E-state index in [1.54, 1.807) is 6.92 Å². The number of rotatable bonds is 3. The highest BCUT2D eigenvalue weighted by Crippen LogP contribution is 2.26. The molecule has 2 aromatic carbocycles. The fraction of sp³-hybridized carbons (Fsp3) is 0.0769. The summed E-state index contributed by atoms with van der Waals surface area (Å²) in [6.07, 6.45) is 0. The molecule has 0 bridgehead atoms. The SMILES string of the molecule is Cc1ccc(F)c(NS(=O)(=O)c2ccc(F)c(N)c2F)c1. The van der Waals surface area contributed by atoms with Crippen LogP contribution in [0.15, 0.2) is 35.2 Å². The van der Waals surface area contributed by atoms with E-state index < -0.39 is 38.1 Å². The molecule has 4 nitrogen and oxygen atoms in total. The molecule has 0 spiro atoms. The zero-order valence-corrected chi connectivity index (χ0v) is 11.6. The average Bonchev–Trinajstić information content (AvgIpc) is 2.39. The van der Waals surface area contributed by atoms with E-state index in [-0.39, 0.29) is 5.69 Å². The van der Waals surface area contributed by atoms with Gasteiger partial charge in [0.25, 0.3) is 10.0 Å². The molecule has 0 saturated heterocycles. The Balaban J connectivity index is 2.49. The Morgan fingerprint density at radius 2 is 1.67 bits per heavy atom. The predicted molar refractivity (Wildman–Crippen MR) is 72.7 cm³/mol. The van der Waals surface area contributed by atoms with Gasteiger partial charge < -0.3 is 5.73 Å². The average molecular weight is 316 g/mol. The van der Waals surface area contributed by atoms with Crippen molar-refractivity contribution in [3.63, 3.8) is 0 Å². The van der Waals surface area contributed by atoms with Crippen molar-refractivity contribution in [3.8, 4) is 0 Å². The van der Waals surface area contributed by atoms with Crippen molar-refractivity contribution in [3.05, 3.63) is 53.3 Å². The molecule has 0 heterocycles. The summed E-state index contributed by atoms with van der Waals surface area (Å²) >= 11 is 0. The smallest absolute Gasteiger partial charge is 0.264 e. The Labute approximate surface area is 119 Å². The summed E-state index contributed by atoms with van der Waals surface area (Å²) in [5.74, 6) is -3.32. The molecule has 0 aromatic heterocycles. The zero-order valence-electron chi connectivity index (χ0n) is 10.8. The Morgan fingerprint density at radius 1 is 1.05 bits per heavy atom. The van der Waals surface area contributed by atoms with Crippen LogP contribution in [-0.4, -0.2) is 8.42 Å². The molecule has 0 radical (unpaired) electrons. The molecule has 0 amide bonds. The molecule has 3 N–H and O–H groups in total. The molecule has 2 rings (SSSR count). The lowest BCUT2D eigenvalue weighted by Gasteiger charge is -2.11. The maximum Gasteiger partial charge on any atom is 0.264 e. The summed E-state index contributed by atoms with van der Waals surface area (Å²) in [6.45, 7) is 1.63. The highest BCUT2D eigenvalue weighted by molar-refractivity contribution is 7.92. The van der Waals surface area contributed by atoms with E-state index in [0.29, 0.717) is 5.56 Å². The van der Waals surface area contributed by atoms with E-state index in [1.165, 1.54) is 12.1 Å². The molecule has 21 heavy (non-hydrogen) atoms. The maximum atomic E-state index is 13.8.